The SMILES string of the molecule is CNC(=O)[C@@H](Cc1ccccc1)N(Cc1ccccc1)C(=O)CN(c1ccc(Cl)cc1C)S(=O)(=O)c1ccccc1. The number of aryl methyl sites for hydroxylation is 1. The minimum absolute atomic E-state index is 0.0453. The summed E-state index contributed by atoms with van der Waals surface area (Å²) in [5, 5.41) is 3.13. The van der Waals surface area contributed by atoms with Crippen molar-refractivity contribution in [2.24, 2.45) is 0 Å². The van der Waals surface area contributed by atoms with Crippen LogP contribution in [-0.4, -0.2) is 44.8 Å². The summed E-state index contributed by atoms with van der Waals surface area (Å²) in [5.41, 5.74) is 2.59. The van der Waals surface area contributed by atoms with E-state index in [4.69, 9.17) is 11.6 Å². The lowest BCUT2D eigenvalue weighted by atomic mass is 10.0. The first-order chi connectivity index (χ1) is 19.7. The van der Waals surface area contributed by atoms with Crippen molar-refractivity contribution in [3.8, 4) is 0 Å². The number of hydrogen-bond acceptors (Lipinski definition) is 4. The Morgan fingerprint density at radius 1 is 0.829 bits per heavy atom. The molecule has 0 spiro atoms. The number of carbonyl (C=O) groups is 2. The Hall–Kier alpha value is -4.14. The van der Waals surface area contributed by atoms with Crippen molar-refractivity contribution in [1.29, 1.82) is 0 Å². The van der Waals surface area contributed by atoms with Crippen molar-refractivity contribution in [1.82, 2.24) is 10.2 Å². The quantitative estimate of drug-likeness (QED) is 0.260. The van der Waals surface area contributed by atoms with E-state index in [1.807, 2.05) is 60.7 Å². The molecule has 1 N–H and O–H groups in total. The topological polar surface area (TPSA) is 86.8 Å². The van der Waals surface area contributed by atoms with Gasteiger partial charge >= 0.3 is 0 Å². The van der Waals surface area contributed by atoms with E-state index in [0.717, 1.165) is 15.4 Å². The van der Waals surface area contributed by atoms with Gasteiger partial charge in [-0.05, 0) is 53.9 Å². The minimum Gasteiger partial charge on any atom is -0.357 e. The molecular weight excluding hydrogens is 558 g/mol. The molecule has 4 aromatic carbocycles. The van der Waals surface area contributed by atoms with Crippen LogP contribution in [-0.2, 0) is 32.6 Å². The lowest BCUT2D eigenvalue weighted by Gasteiger charge is -2.34. The van der Waals surface area contributed by atoms with Gasteiger partial charge in [-0.1, -0.05) is 90.5 Å². The van der Waals surface area contributed by atoms with Crippen molar-refractivity contribution in [2.75, 3.05) is 17.9 Å². The largest absolute Gasteiger partial charge is 0.357 e. The number of hydrogen-bond donors (Lipinski definition) is 1. The van der Waals surface area contributed by atoms with Gasteiger partial charge in [0.2, 0.25) is 11.8 Å². The molecule has 0 saturated heterocycles. The van der Waals surface area contributed by atoms with Crippen LogP contribution in [0.5, 0.6) is 0 Å². The van der Waals surface area contributed by atoms with Gasteiger partial charge < -0.3 is 10.2 Å². The number of benzene rings is 4. The first-order valence-corrected chi connectivity index (χ1v) is 15.0. The van der Waals surface area contributed by atoms with Gasteiger partial charge in [-0.25, -0.2) is 8.42 Å². The zero-order valence-electron chi connectivity index (χ0n) is 22.9. The third kappa shape index (κ3) is 7.34. The van der Waals surface area contributed by atoms with Crippen LogP contribution in [0.3, 0.4) is 0 Å². The first-order valence-electron chi connectivity index (χ1n) is 13.1. The van der Waals surface area contributed by atoms with E-state index >= 15 is 0 Å². The number of carbonyl (C=O) groups excluding carboxylic acids is 2. The molecule has 4 rings (SSSR count). The summed E-state index contributed by atoms with van der Waals surface area (Å²) in [6.07, 6.45) is 0.254. The second-order valence-corrected chi connectivity index (χ2v) is 11.9. The third-order valence-electron chi connectivity index (χ3n) is 6.75. The molecule has 0 unspecified atom stereocenters. The molecule has 0 saturated carbocycles. The van der Waals surface area contributed by atoms with Crippen LogP contribution >= 0.6 is 11.6 Å². The van der Waals surface area contributed by atoms with Crippen LogP contribution in [0.1, 0.15) is 16.7 Å². The average molecular weight is 590 g/mol. The zero-order chi connectivity index (χ0) is 29.4. The highest BCUT2D eigenvalue weighted by molar-refractivity contribution is 7.92. The number of nitrogens with one attached hydrogen (secondary N) is 1. The molecule has 7 nitrogen and oxygen atoms in total. The summed E-state index contributed by atoms with van der Waals surface area (Å²) in [5.74, 6) is -0.870. The monoisotopic (exact) mass is 589 g/mol. The smallest absolute Gasteiger partial charge is 0.264 e. The van der Waals surface area contributed by atoms with E-state index in [1.54, 1.807) is 43.3 Å². The Morgan fingerprint density at radius 3 is 1.95 bits per heavy atom. The fourth-order valence-electron chi connectivity index (χ4n) is 4.63. The van der Waals surface area contributed by atoms with E-state index < -0.39 is 28.5 Å². The maximum Gasteiger partial charge on any atom is 0.264 e. The van der Waals surface area contributed by atoms with Crippen molar-refractivity contribution in [3.05, 3.63) is 131 Å². The number of sulfonamides is 1. The highest BCUT2D eigenvalue weighted by atomic mass is 35.5. The molecule has 0 aliphatic heterocycles. The maximum absolute atomic E-state index is 14.3. The molecule has 212 valence electrons. The summed E-state index contributed by atoms with van der Waals surface area (Å²) >= 11 is 6.18. The van der Waals surface area contributed by atoms with Gasteiger partial charge in [-0.15, -0.1) is 0 Å². The van der Waals surface area contributed by atoms with Crippen molar-refractivity contribution in [3.63, 3.8) is 0 Å². The van der Waals surface area contributed by atoms with E-state index in [0.29, 0.717) is 16.3 Å². The molecule has 0 radical (unpaired) electrons. The number of likely N-dealkylation sites (N-methyl/N-ethyl adjacent to an activating group) is 1. The second kappa shape index (κ2) is 13.5. The average Bonchev–Trinajstić information content (AvgIpc) is 2.99. The molecule has 0 aliphatic rings. The fourth-order valence-corrected chi connectivity index (χ4v) is 6.36. The fraction of sp³-hybridized carbons (Fsp3) is 0.188. The summed E-state index contributed by atoms with van der Waals surface area (Å²) in [7, 11) is -2.64. The molecule has 0 fully saturated rings. The molecule has 0 bridgehead atoms. The van der Waals surface area contributed by atoms with Crippen LogP contribution in [0.2, 0.25) is 5.02 Å². The normalized spacial score (nSPS) is 11.9. The van der Waals surface area contributed by atoms with Crippen molar-refractivity contribution in [2.45, 2.75) is 30.8 Å². The molecule has 41 heavy (non-hydrogen) atoms. The van der Waals surface area contributed by atoms with Gasteiger partial charge in [0.25, 0.3) is 10.0 Å². The number of anilines is 1. The van der Waals surface area contributed by atoms with Crippen LogP contribution in [0.25, 0.3) is 0 Å². The Morgan fingerprint density at radius 2 is 1.39 bits per heavy atom. The lowest BCUT2D eigenvalue weighted by Crippen LogP contribution is -2.53. The molecule has 0 heterocycles. The summed E-state index contributed by atoms with van der Waals surface area (Å²) < 4.78 is 29.1. The van der Waals surface area contributed by atoms with Gasteiger partial charge in [0.1, 0.15) is 12.6 Å². The van der Waals surface area contributed by atoms with E-state index in [9.17, 15) is 18.0 Å². The van der Waals surface area contributed by atoms with E-state index in [1.165, 1.54) is 24.1 Å². The Labute approximate surface area is 246 Å². The summed E-state index contributed by atoms with van der Waals surface area (Å²) in [4.78, 5) is 29.0. The lowest BCUT2D eigenvalue weighted by molar-refractivity contribution is -0.139. The predicted octanol–water partition coefficient (Wildman–Crippen LogP) is 5.23. The molecular formula is C32H32ClN3O4S. The maximum atomic E-state index is 14.3. The summed E-state index contributed by atoms with van der Waals surface area (Å²) in [6, 6.07) is 30.6. The minimum atomic E-state index is -4.16. The number of rotatable bonds is 11. The highest BCUT2D eigenvalue weighted by Crippen LogP contribution is 2.29. The molecule has 0 aliphatic carbocycles. The molecule has 2 amide bonds. The van der Waals surface area contributed by atoms with Crippen LogP contribution < -0.4 is 9.62 Å². The van der Waals surface area contributed by atoms with Gasteiger partial charge in [-0.3, -0.25) is 13.9 Å². The molecule has 1 atom stereocenters. The van der Waals surface area contributed by atoms with Gasteiger partial charge in [0.05, 0.1) is 10.6 Å². The van der Waals surface area contributed by atoms with E-state index in [2.05, 4.69) is 5.32 Å². The van der Waals surface area contributed by atoms with Crippen LogP contribution in [0, 0.1) is 6.92 Å². The molecule has 0 aromatic heterocycles. The second-order valence-electron chi connectivity index (χ2n) is 9.58. The Bertz CT molecular complexity index is 1580. The molecule has 4 aromatic rings. The standard InChI is InChI=1S/C32H32ClN3O4S/c1-24-20-27(33)18-19-29(24)36(41(39,40)28-16-10-5-11-17-28)23-31(37)35(22-26-14-8-4-9-15-26)30(32(38)34-2)21-25-12-6-3-7-13-25/h3-20,30H,21-23H2,1-2H3,(H,34,38)/t30-/m1/s1. The van der Waals surface area contributed by atoms with Crippen LogP contribution in [0.15, 0.2) is 114 Å². The van der Waals surface area contributed by atoms with Gasteiger partial charge in [0, 0.05) is 25.0 Å². The predicted molar refractivity (Wildman–Crippen MR) is 162 cm³/mol. The molecule has 9 heteroatoms. The van der Waals surface area contributed by atoms with Crippen LogP contribution in [0.4, 0.5) is 5.69 Å². The first kappa shape index (κ1) is 29.8. The zero-order valence-corrected chi connectivity index (χ0v) is 24.5. The Balaban J connectivity index is 1.79. The number of amides is 2. The number of halogens is 1. The third-order valence-corrected chi connectivity index (χ3v) is 8.76. The summed E-state index contributed by atoms with van der Waals surface area (Å²) in [6.45, 7) is 1.34. The van der Waals surface area contributed by atoms with Gasteiger partial charge in [0.15, 0.2) is 0 Å². The van der Waals surface area contributed by atoms with Crippen molar-refractivity contribution >= 4 is 39.1 Å². The van der Waals surface area contributed by atoms with Gasteiger partial charge in [-0.2, -0.15) is 0 Å². The Kier molecular flexibility index (Phi) is 9.81. The highest BCUT2D eigenvalue weighted by Gasteiger charge is 2.34. The van der Waals surface area contributed by atoms with E-state index in [-0.39, 0.29) is 23.8 Å². The van der Waals surface area contributed by atoms with Crippen molar-refractivity contribution < 1.29 is 18.0 Å². The number of nitrogens with zero attached hydrogens (tertiary/aromatic N) is 2.